The lowest BCUT2D eigenvalue weighted by molar-refractivity contribution is -0.0311. The Hall–Kier alpha value is -2.87. The van der Waals surface area contributed by atoms with Crippen LogP contribution in [0.2, 0.25) is 0 Å². The zero-order valence-corrected chi connectivity index (χ0v) is 16.1. The quantitative estimate of drug-likeness (QED) is 0.796. The molecule has 1 aromatic heterocycles. The minimum Gasteiger partial charge on any atom is -0.456 e. The first-order valence-corrected chi connectivity index (χ1v) is 9.26. The van der Waals surface area contributed by atoms with Gasteiger partial charge in [-0.25, -0.2) is 13.8 Å². The highest BCUT2D eigenvalue weighted by atomic mass is 19.1. The monoisotopic (exact) mass is 401 g/mol. The van der Waals surface area contributed by atoms with Crippen molar-refractivity contribution in [1.29, 1.82) is 0 Å². The molecule has 8 heteroatoms. The zero-order valence-electron chi connectivity index (χ0n) is 16.1. The first-order chi connectivity index (χ1) is 13.7. The molecule has 29 heavy (non-hydrogen) atoms. The average Bonchev–Trinajstić information content (AvgIpc) is 2.99. The van der Waals surface area contributed by atoms with E-state index in [1.807, 2.05) is 0 Å². The predicted octanol–water partition coefficient (Wildman–Crippen LogP) is 2.70. The number of Topliss-reactive ketones (excluding diaryl/α,β-unsaturated/α-hetero) is 1. The summed E-state index contributed by atoms with van der Waals surface area (Å²) in [4.78, 5) is 20.8. The molecule has 2 aliphatic rings. The molecule has 0 spiro atoms. The molecule has 2 N–H and O–H groups in total. The van der Waals surface area contributed by atoms with E-state index >= 15 is 0 Å². The van der Waals surface area contributed by atoms with Gasteiger partial charge in [0, 0.05) is 18.2 Å². The summed E-state index contributed by atoms with van der Waals surface area (Å²) in [5.41, 5.74) is 3.78. The number of nitrogens with two attached hydrogens (primary N) is 1. The van der Waals surface area contributed by atoms with E-state index in [0.29, 0.717) is 11.3 Å². The van der Waals surface area contributed by atoms with E-state index in [0.717, 1.165) is 0 Å². The molecule has 152 valence electrons. The summed E-state index contributed by atoms with van der Waals surface area (Å²) in [5, 5.41) is 0. The maximum atomic E-state index is 14.8. The highest BCUT2D eigenvalue weighted by Gasteiger charge is 2.59. The number of ether oxygens (including phenoxy) is 2. The third kappa shape index (κ3) is 3.37. The fraction of sp³-hybridized carbons (Fsp3) is 0.381. The first kappa shape index (κ1) is 19.4. The van der Waals surface area contributed by atoms with Crippen molar-refractivity contribution in [2.75, 3.05) is 6.61 Å². The lowest BCUT2D eigenvalue weighted by Crippen LogP contribution is -2.54. The van der Waals surface area contributed by atoms with Gasteiger partial charge in [-0.3, -0.25) is 9.78 Å². The van der Waals surface area contributed by atoms with Gasteiger partial charge in [0.25, 0.3) is 6.02 Å². The molecule has 0 radical (unpaired) electrons. The fourth-order valence-corrected chi connectivity index (χ4v) is 3.92. The van der Waals surface area contributed by atoms with Gasteiger partial charge < -0.3 is 15.2 Å². The number of carbonyl (C=O) groups is 1. The Morgan fingerprint density at radius 2 is 2.07 bits per heavy atom. The Morgan fingerprint density at radius 1 is 1.28 bits per heavy atom. The number of aliphatic imine (C=N–C) groups is 1. The SMILES string of the molecule is C[C@]1(F)CO[C@H]2C1OC(N)=N[C@]2(C)c1cc(CC(=O)c2ccccn2)ccc1F. The number of fused-ring (bicyclic) bond motifs is 1. The van der Waals surface area contributed by atoms with Crippen LogP contribution in [-0.2, 0) is 21.4 Å². The molecule has 1 aromatic carbocycles. The van der Waals surface area contributed by atoms with Gasteiger partial charge >= 0.3 is 0 Å². The Kier molecular flexibility index (Phi) is 4.61. The van der Waals surface area contributed by atoms with E-state index in [-0.39, 0.29) is 30.4 Å². The van der Waals surface area contributed by atoms with E-state index in [9.17, 15) is 13.6 Å². The molecule has 0 aliphatic carbocycles. The number of halogens is 2. The molecule has 1 fully saturated rings. The van der Waals surface area contributed by atoms with Crippen LogP contribution in [0.5, 0.6) is 0 Å². The molecular formula is C21H21F2N3O3. The van der Waals surface area contributed by atoms with Gasteiger partial charge in [0.15, 0.2) is 17.6 Å². The first-order valence-electron chi connectivity index (χ1n) is 9.26. The summed E-state index contributed by atoms with van der Waals surface area (Å²) >= 11 is 0. The summed E-state index contributed by atoms with van der Waals surface area (Å²) in [6.45, 7) is 2.78. The minimum atomic E-state index is -1.78. The molecule has 4 rings (SSSR count). The van der Waals surface area contributed by atoms with Gasteiger partial charge in [-0.2, -0.15) is 0 Å². The van der Waals surface area contributed by atoms with Crippen LogP contribution in [0.1, 0.15) is 35.5 Å². The fourth-order valence-electron chi connectivity index (χ4n) is 3.92. The highest BCUT2D eigenvalue weighted by molar-refractivity contribution is 5.95. The molecular weight excluding hydrogens is 380 g/mol. The molecule has 2 aromatic rings. The van der Waals surface area contributed by atoms with Gasteiger partial charge in [-0.1, -0.05) is 12.1 Å². The van der Waals surface area contributed by atoms with Crippen molar-refractivity contribution in [2.45, 2.75) is 43.7 Å². The van der Waals surface area contributed by atoms with E-state index in [1.54, 1.807) is 31.2 Å². The van der Waals surface area contributed by atoms with Crippen LogP contribution in [0.4, 0.5) is 8.78 Å². The Morgan fingerprint density at radius 3 is 2.79 bits per heavy atom. The Bertz CT molecular complexity index is 980. The number of hydrogen-bond acceptors (Lipinski definition) is 6. The molecule has 3 heterocycles. The molecule has 4 atom stereocenters. The van der Waals surface area contributed by atoms with E-state index in [1.165, 1.54) is 25.3 Å². The Balaban J connectivity index is 1.70. The van der Waals surface area contributed by atoms with Crippen LogP contribution in [0.25, 0.3) is 0 Å². The number of hydrogen-bond donors (Lipinski definition) is 1. The molecule has 0 saturated carbocycles. The normalized spacial score (nSPS) is 31.0. The highest BCUT2D eigenvalue weighted by Crippen LogP contribution is 2.45. The van der Waals surface area contributed by atoms with Crippen LogP contribution in [-0.4, -0.2) is 41.3 Å². The molecule has 0 amide bonds. The van der Waals surface area contributed by atoms with Gasteiger partial charge in [0.2, 0.25) is 0 Å². The number of nitrogens with zero attached hydrogens (tertiary/aromatic N) is 2. The summed E-state index contributed by atoms with van der Waals surface area (Å²) in [6, 6.07) is 9.18. The van der Waals surface area contributed by atoms with E-state index < -0.39 is 29.2 Å². The van der Waals surface area contributed by atoms with Crippen LogP contribution < -0.4 is 5.73 Å². The van der Waals surface area contributed by atoms with Gasteiger partial charge in [0.1, 0.15) is 23.2 Å². The number of benzene rings is 1. The molecule has 1 unspecified atom stereocenters. The smallest absolute Gasteiger partial charge is 0.283 e. The van der Waals surface area contributed by atoms with Crippen molar-refractivity contribution in [3.63, 3.8) is 0 Å². The van der Waals surface area contributed by atoms with Gasteiger partial charge in [-0.05, 0) is 43.7 Å². The second kappa shape index (κ2) is 6.88. The van der Waals surface area contributed by atoms with Crippen LogP contribution >= 0.6 is 0 Å². The largest absolute Gasteiger partial charge is 0.456 e. The molecule has 0 bridgehead atoms. The third-order valence-corrected chi connectivity index (χ3v) is 5.45. The van der Waals surface area contributed by atoms with Crippen molar-refractivity contribution in [1.82, 2.24) is 4.98 Å². The lowest BCUT2D eigenvalue weighted by atomic mass is 9.80. The summed E-state index contributed by atoms with van der Waals surface area (Å²) in [6.07, 6.45) is -0.300. The van der Waals surface area contributed by atoms with Gasteiger partial charge in [0.05, 0.1) is 6.61 Å². The summed E-state index contributed by atoms with van der Waals surface area (Å²) < 4.78 is 40.7. The Labute approximate surface area is 166 Å². The van der Waals surface area contributed by atoms with E-state index in [4.69, 9.17) is 15.2 Å². The molecule has 6 nitrogen and oxygen atoms in total. The predicted molar refractivity (Wildman–Crippen MR) is 102 cm³/mol. The number of ketones is 1. The molecule has 2 aliphatic heterocycles. The summed E-state index contributed by atoms with van der Waals surface area (Å²) in [7, 11) is 0. The topological polar surface area (TPSA) is 86.8 Å². The van der Waals surface area contributed by atoms with Crippen molar-refractivity contribution in [3.05, 3.63) is 65.2 Å². The number of aromatic nitrogens is 1. The number of carbonyl (C=O) groups excluding carboxylic acids is 1. The van der Waals surface area contributed by atoms with Crippen molar-refractivity contribution in [2.24, 2.45) is 10.7 Å². The van der Waals surface area contributed by atoms with Crippen molar-refractivity contribution in [3.8, 4) is 0 Å². The maximum absolute atomic E-state index is 14.8. The number of rotatable bonds is 4. The molecule has 1 saturated heterocycles. The van der Waals surface area contributed by atoms with Crippen LogP contribution in [0.3, 0.4) is 0 Å². The second-order valence-electron chi connectivity index (χ2n) is 7.77. The van der Waals surface area contributed by atoms with Crippen LogP contribution in [0.15, 0.2) is 47.6 Å². The van der Waals surface area contributed by atoms with Crippen molar-refractivity contribution < 1.29 is 23.0 Å². The third-order valence-electron chi connectivity index (χ3n) is 5.45. The second-order valence-corrected chi connectivity index (χ2v) is 7.77. The number of amidine groups is 1. The lowest BCUT2D eigenvalue weighted by Gasteiger charge is -2.40. The average molecular weight is 401 g/mol. The standard InChI is InChI=1S/C21H21F2N3O3/c1-20(23)11-28-18-17(20)29-19(24)26-21(18,2)13-9-12(6-7-14(13)22)10-16(27)15-5-3-4-8-25-15/h3-9,17-18H,10-11H2,1-2H3,(H2,24,26)/t17?,18-,20-,21+/m0/s1. The maximum Gasteiger partial charge on any atom is 0.283 e. The van der Waals surface area contributed by atoms with Crippen LogP contribution in [0, 0.1) is 5.82 Å². The van der Waals surface area contributed by atoms with Crippen molar-refractivity contribution >= 4 is 11.8 Å². The minimum absolute atomic E-state index is 0.0336. The van der Waals surface area contributed by atoms with E-state index in [2.05, 4.69) is 9.98 Å². The summed E-state index contributed by atoms with van der Waals surface area (Å²) in [5.74, 6) is -0.746. The zero-order chi connectivity index (χ0) is 20.8. The number of pyridine rings is 1. The number of alkyl halides is 1. The van der Waals surface area contributed by atoms with Gasteiger partial charge in [-0.15, -0.1) is 0 Å².